The molecule has 2 heterocycles. The number of ketones is 1. The van der Waals surface area contributed by atoms with Gasteiger partial charge >= 0.3 is 0 Å². The van der Waals surface area contributed by atoms with Gasteiger partial charge in [0.25, 0.3) is 0 Å². The third-order valence-electron chi connectivity index (χ3n) is 1.94. The van der Waals surface area contributed by atoms with Crippen LogP contribution in [0.3, 0.4) is 0 Å². The highest BCUT2D eigenvalue weighted by atomic mass is 16.5. The average Bonchev–Trinajstić information content (AvgIpc) is 2.74. The van der Waals surface area contributed by atoms with E-state index < -0.39 is 0 Å². The Balaban J connectivity index is 1.99. The third kappa shape index (κ3) is 1.77. The number of nitrogens with zero attached hydrogens (tertiary/aromatic N) is 2. The largest absolute Gasteiger partial charge is 0.500 e. The van der Waals surface area contributed by atoms with Gasteiger partial charge < -0.3 is 4.74 Å². The lowest BCUT2D eigenvalue weighted by Gasteiger charge is -1.99. The second kappa shape index (κ2) is 3.43. The highest BCUT2D eigenvalue weighted by Crippen LogP contribution is 2.11. The number of Topliss-reactive ketones (excluding diaryl/α,β-unsaturated/α-hetero) is 1. The molecule has 0 saturated carbocycles. The fourth-order valence-electron chi connectivity index (χ4n) is 1.24. The maximum Gasteiger partial charge on any atom is 0.183 e. The Morgan fingerprint density at radius 2 is 2.62 bits per heavy atom. The van der Waals surface area contributed by atoms with Gasteiger partial charge in [0.05, 0.1) is 12.9 Å². The number of hydrogen-bond acceptors (Lipinski definition) is 3. The fraction of sp³-hybridized carbons (Fsp3) is 0.333. The lowest BCUT2D eigenvalue weighted by atomic mass is 10.1. The van der Waals surface area contributed by atoms with Crippen LogP contribution >= 0.6 is 0 Å². The zero-order chi connectivity index (χ0) is 9.10. The molecule has 0 aromatic carbocycles. The molecule has 0 radical (unpaired) electrons. The van der Waals surface area contributed by atoms with Gasteiger partial charge in [0.1, 0.15) is 6.54 Å². The maximum atomic E-state index is 11.5. The average molecular weight is 178 g/mol. The lowest BCUT2D eigenvalue weighted by molar-refractivity contribution is -0.116. The van der Waals surface area contributed by atoms with Crippen molar-refractivity contribution in [3.8, 4) is 0 Å². The maximum absolute atomic E-state index is 11.5. The predicted octanol–water partition coefficient (Wildman–Crippen LogP) is 0.756. The molecule has 4 heteroatoms. The van der Waals surface area contributed by atoms with Crippen LogP contribution in [0.15, 0.2) is 30.3 Å². The number of carbonyl (C=O) groups excluding carboxylic acids is 1. The van der Waals surface area contributed by atoms with E-state index in [1.807, 2.05) is 0 Å². The number of hydrogen-bond donors (Lipinski definition) is 0. The standard InChI is InChI=1S/C9H10N2O2/c12-9(8-2-5-13-7-8)6-11-4-1-3-10-11/h1,3-4,7H,2,5-6H2. The number of ether oxygens (including phenoxy) is 1. The van der Waals surface area contributed by atoms with Crippen LogP contribution in [-0.2, 0) is 16.1 Å². The summed E-state index contributed by atoms with van der Waals surface area (Å²) in [6.07, 6.45) is 5.70. The first-order valence-corrected chi connectivity index (χ1v) is 4.17. The number of carbonyl (C=O) groups is 1. The van der Waals surface area contributed by atoms with Gasteiger partial charge in [0, 0.05) is 24.4 Å². The highest BCUT2D eigenvalue weighted by Gasteiger charge is 2.14. The highest BCUT2D eigenvalue weighted by molar-refractivity contribution is 5.95. The first-order valence-electron chi connectivity index (χ1n) is 4.17. The molecule has 0 saturated heterocycles. The smallest absolute Gasteiger partial charge is 0.183 e. The second-order valence-electron chi connectivity index (χ2n) is 2.89. The molecule has 0 spiro atoms. The molecule has 0 fully saturated rings. The molecule has 0 unspecified atom stereocenters. The van der Waals surface area contributed by atoms with Crippen LogP contribution in [0.1, 0.15) is 6.42 Å². The van der Waals surface area contributed by atoms with Gasteiger partial charge in [-0.2, -0.15) is 5.10 Å². The summed E-state index contributed by atoms with van der Waals surface area (Å²) in [6, 6.07) is 1.80. The first kappa shape index (κ1) is 8.04. The van der Waals surface area contributed by atoms with E-state index in [9.17, 15) is 4.79 Å². The Bertz CT molecular complexity index is 327. The van der Waals surface area contributed by atoms with E-state index in [-0.39, 0.29) is 5.78 Å². The van der Waals surface area contributed by atoms with Gasteiger partial charge in [-0.1, -0.05) is 0 Å². The summed E-state index contributed by atoms with van der Waals surface area (Å²) in [7, 11) is 0. The normalized spacial score (nSPS) is 15.2. The Morgan fingerprint density at radius 1 is 1.69 bits per heavy atom. The Labute approximate surface area is 75.8 Å². The van der Waals surface area contributed by atoms with Crippen molar-refractivity contribution in [3.63, 3.8) is 0 Å². The summed E-state index contributed by atoms with van der Waals surface area (Å²) in [5.41, 5.74) is 0.760. The van der Waals surface area contributed by atoms with E-state index in [2.05, 4.69) is 5.10 Å². The minimum atomic E-state index is 0.0844. The zero-order valence-electron chi connectivity index (χ0n) is 7.14. The molecule has 1 aliphatic rings. The molecule has 0 atom stereocenters. The molecular formula is C9H10N2O2. The summed E-state index contributed by atoms with van der Waals surface area (Å²) in [4.78, 5) is 11.5. The monoisotopic (exact) mass is 178 g/mol. The quantitative estimate of drug-likeness (QED) is 0.686. The Hall–Kier alpha value is -1.58. The molecule has 13 heavy (non-hydrogen) atoms. The molecule has 68 valence electrons. The Kier molecular flexibility index (Phi) is 2.12. The van der Waals surface area contributed by atoms with Crippen molar-refractivity contribution in [2.24, 2.45) is 0 Å². The second-order valence-corrected chi connectivity index (χ2v) is 2.89. The summed E-state index contributed by atoms with van der Waals surface area (Å²) in [5, 5.41) is 3.96. The van der Waals surface area contributed by atoms with Crippen LogP contribution in [0.5, 0.6) is 0 Å². The predicted molar refractivity (Wildman–Crippen MR) is 45.9 cm³/mol. The molecule has 1 aromatic rings. The molecule has 0 amide bonds. The van der Waals surface area contributed by atoms with Crippen molar-refractivity contribution >= 4 is 5.78 Å². The molecular weight excluding hydrogens is 168 g/mol. The molecule has 1 aromatic heterocycles. The lowest BCUT2D eigenvalue weighted by Crippen LogP contribution is -2.11. The van der Waals surface area contributed by atoms with E-state index in [1.165, 1.54) is 0 Å². The minimum absolute atomic E-state index is 0.0844. The summed E-state index contributed by atoms with van der Waals surface area (Å²) >= 11 is 0. The zero-order valence-corrected chi connectivity index (χ0v) is 7.14. The molecule has 4 nitrogen and oxygen atoms in total. The van der Waals surface area contributed by atoms with Crippen molar-refractivity contribution in [1.29, 1.82) is 0 Å². The van der Waals surface area contributed by atoms with Gasteiger partial charge in [0.15, 0.2) is 5.78 Å². The molecule has 2 rings (SSSR count). The third-order valence-corrected chi connectivity index (χ3v) is 1.94. The van der Waals surface area contributed by atoms with Crippen molar-refractivity contribution in [2.45, 2.75) is 13.0 Å². The first-order chi connectivity index (χ1) is 6.36. The fourth-order valence-corrected chi connectivity index (χ4v) is 1.24. The summed E-state index contributed by atoms with van der Waals surface area (Å²) in [5.74, 6) is 0.0844. The van der Waals surface area contributed by atoms with Crippen LogP contribution in [0.4, 0.5) is 0 Å². The van der Waals surface area contributed by atoms with Crippen LogP contribution in [0.25, 0.3) is 0 Å². The number of rotatable bonds is 3. The van der Waals surface area contributed by atoms with Gasteiger partial charge in [0.2, 0.25) is 0 Å². The topological polar surface area (TPSA) is 44.1 Å². The minimum Gasteiger partial charge on any atom is -0.500 e. The molecule has 0 aliphatic carbocycles. The van der Waals surface area contributed by atoms with E-state index >= 15 is 0 Å². The van der Waals surface area contributed by atoms with Gasteiger partial charge in [-0.05, 0) is 6.07 Å². The van der Waals surface area contributed by atoms with E-state index in [0.717, 1.165) is 12.0 Å². The van der Waals surface area contributed by atoms with Crippen molar-refractivity contribution < 1.29 is 9.53 Å². The SMILES string of the molecule is O=C(Cn1cccn1)C1=COCC1. The van der Waals surface area contributed by atoms with Crippen molar-refractivity contribution in [3.05, 3.63) is 30.3 Å². The summed E-state index contributed by atoms with van der Waals surface area (Å²) in [6.45, 7) is 0.933. The van der Waals surface area contributed by atoms with E-state index in [4.69, 9.17) is 4.74 Å². The number of aromatic nitrogens is 2. The molecule has 0 bridgehead atoms. The van der Waals surface area contributed by atoms with Crippen molar-refractivity contribution in [2.75, 3.05) is 6.61 Å². The van der Waals surface area contributed by atoms with Crippen LogP contribution in [-0.4, -0.2) is 22.2 Å². The van der Waals surface area contributed by atoms with Gasteiger partial charge in [-0.25, -0.2) is 0 Å². The van der Waals surface area contributed by atoms with E-state index in [1.54, 1.807) is 29.4 Å². The molecule has 1 aliphatic heterocycles. The van der Waals surface area contributed by atoms with Crippen LogP contribution in [0, 0.1) is 0 Å². The van der Waals surface area contributed by atoms with E-state index in [0.29, 0.717) is 13.2 Å². The molecule has 0 N–H and O–H groups in total. The van der Waals surface area contributed by atoms with Gasteiger partial charge in [-0.15, -0.1) is 0 Å². The van der Waals surface area contributed by atoms with Gasteiger partial charge in [-0.3, -0.25) is 9.48 Å². The summed E-state index contributed by atoms with van der Waals surface area (Å²) < 4.78 is 6.60. The van der Waals surface area contributed by atoms with Crippen LogP contribution in [0.2, 0.25) is 0 Å². The Morgan fingerprint density at radius 3 is 3.23 bits per heavy atom. The van der Waals surface area contributed by atoms with Crippen molar-refractivity contribution in [1.82, 2.24) is 9.78 Å². The van der Waals surface area contributed by atoms with Crippen LogP contribution < -0.4 is 0 Å².